The topological polar surface area (TPSA) is 77.7 Å². The summed E-state index contributed by atoms with van der Waals surface area (Å²) in [7, 11) is 0. The monoisotopic (exact) mass is 422 g/mol. The van der Waals surface area contributed by atoms with Crippen molar-refractivity contribution in [3.05, 3.63) is 41.7 Å². The number of amides is 2. The average molecular weight is 423 g/mol. The second-order valence-corrected chi connectivity index (χ2v) is 9.31. The van der Waals surface area contributed by atoms with Crippen molar-refractivity contribution in [2.24, 2.45) is 0 Å². The lowest BCUT2D eigenvalue weighted by molar-refractivity contribution is 0.188. The van der Waals surface area contributed by atoms with E-state index in [0.717, 1.165) is 48.7 Å². The van der Waals surface area contributed by atoms with Crippen molar-refractivity contribution in [2.75, 3.05) is 29.6 Å². The molecule has 0 bridgehead atoms. The summed E-state index contributed by atoms with van der Waals surface area (Å²) in [6.45, 7) is 10.5. The molecule has 0 aliphatic carbocycles. The first-order valence-corrected chi connectivity index (χ1v) is 11.2. The van der Waals surface area contributed by atoms with E-state index in [1.54, 1.807) is 0 Å². The fourth-order valence-corrected chi connectivity index (χ4v) is 4.91. The maximum absolute atomic E-state index is 13.8. The number of hydrogen-bond donors (Lipinski definition) is 1. The zero-order valence-corrected chi connectivity index (χ0v) is 18.7. The van der Waals surface area contributed by atoms with Gasteiger partial charge in [-0.2, -0.15) is 4.98 Å². The number of carbonyl (C=O) groups is 1. The highest BCUT2D eigenvalue weighted by atomic mass is 16.5. The molecule has 2 amide bonds. The third-order valence-corrected chi connectivity index (χ3v) is 6.45. The van der Waals surface area contributed by atoms with Gasteiger partial charge in [0.15, 0.2) is 0 Å². The second kappa shape index (κ2) is 7.28. The Morgan fingerprint density at radius 2 is 1.84 bits per heavy atom. The van der Waals surface area contributed by atoms with Crippen LogP contribution in [0.4, 0.5) is 16.2 Å². The van der Waals surface area contributed by atoms with Crippen molar-refractivity contribution in [3.8, 4) is 0 Å². The molecule has 0 atom stereocenters. The van der Waals surface area contributed by atoms with E-state index in [-0.39, 0.29) is 11.9 Å². The highest BCUT2D eigenvalue weighted by molar-refractivity contribution is 6.01. The molecule has 1 N–H and O–H groups in total. The third-order valence-electron chi connectivity index (χ3n) is 6.45. The molecule has 1 aromatic heterocycles. The number of anilines is 2. The van der Waals surface area contributed by atoms with Crippen LogP contribution in [-0.4, -0.2) is 46.4 Å². The fraction of sp³-hybridized carbons (Fsp3) is 0.522. The molecule has 0 spiro atoms. The van der Waals surface area contributed by atoms with Gasteiger partial charge in [0.1, 0.15) is 5.70 Å². The lowest BCUT2D eigenvalue weighted by Crippen LogP contribution is -2.60. The molecule has 2 aromatic rings. The van der Waals surface area contributed by atoms with Crippen LogP contribution in [0.3, 0.4) is 0 Å². The Hall–Kier alpha value is -3.03. The van der Waals surface area contributed by atoms with Gasteiger partial charge in [0.2, 0.25) is 11.7 Å². The number of urea groups is 1. The summed E-state index contributed by atoms with van der Waals surface area (Å²) >= 11 is 0. The number of piperidine rings is 1. The zero-order valence-electron chi connectivity index (χ0n) is 18.7. The van der Waals surface area contributed by atoms with E-state index in [1.165, 1.54) is 6.42 Å². The predicted octanol–water partition coefficient (Wildman–Crippen LogP) is 4.13. The lowest BCUT2D eigenvalue weighted by Gasteiger charge is -2.49. The molecule has 0 saturated carbocycles. The van der Waals surface area contributed by atoms with Gasteiger partial charge in [0.05, 0.1) is 29.3 Å². The summed E-state index contributed by atoms with van der Waals surface area (Å²) in [6.07, 6.45) is 3.31. The molecular weight excluding hydrogens is 392 g/mol. The second-order valence-electron chi connectivity index (χ2n) is 9.31. The van der Waals surface area contributed by atoms with Crippen LogP contribution in [-0.2, 0) is 0 Å². The Labute approximate surface area is 182 Å². The van der Waals surface area contributed by atoms with Crippen LogP contribution in [0.15, 0.2) is 34.5 Å². The van der Waals surface area contributed by atoms with Crippen LogP contribution in [0.2, 0.25) is 0 Å². The Balaban J connectivity index is 1.65. The van der Waals surface area contributed by atoms with E-state index in [9.17, 15) is 4.79 Å². The first-order chi connectivity index (χ1) is 14.9. The normalized spacial score (nSPS) is 20.1. The van der Waals surface area contributed by atoms with Crippen LogP contribution >= 0.6 is 0 Å². The number of para-hydroxylation sites is 2. The van der Waals surface area contributed by atoms with Gasteiger partial charge in [-0.1, -0.05) is 31.1 Å². The minimum absolute atomic E-state index is 0.0616. The van der Waals surface area contributed by atoms with E-state index in [2.05, 4.69) is 40.3 Å². The Kier molecular flexibility index (Phi) is 4.68. The molecule has 8 nitrogen and oxygen atoms in total. The molecule has 1 fully saturated rings. The first-order valence-electron chi connectivity index (χ1n) is 11.2. The number of hydrogen-bond acceptors (Lipinski definition) is 6. The number of nitrogens with zero attached hydrogens (tertiary/aromatic N) is 5. The first kappa shape index (κ1) is 19.9. The van der Waals surface area contributed by atoms with Crippen LogP contribution in [0.25, 0.3) is 5.70 Å². The molecular formula is C23H30N6O2. The Morgan fingerprint density at radius 1 is 1.13 bits per heavy atom. The number of nitrogens with one attached hydrogen (secondary N) is 1. The molecule has 31 heavy (non-hydrogen) atoms. The number of carbonyl (C=O) groups excluding carboxylic acids is 1. The maximum Gasteiger partial charge on any atom is 0.325 e. The number of aromatic nitrogens is 2. The molecule has 1 aromatic carbocycles. The van der Waals surface area contributed by atoms with Gasteiger partial charge in [-0.15, -0.1) is 0 Å². The molecule has 8 heteroatoms. The molecule has 0 unspecified atom stereocenters. The number of rotatable bonds is 2. The van der Waals surface area contributed by atoms with Crippen molar-refractivity contribution in [3.63, 3.8) is 0 Å². The average Bonchev–Trinajstić information content (AvgIpc) is 3.42. The third kappa shape index (κ3) is 3.07. The smallest absolute Gasteiger partial charge is 0.325 e. The largest absolute Gasteiger partial charge is 0.363 e. The number of benzene rings is 1. The quantitative estimate of drug-likeness (QED) is 0.784. The summed E-state index contributed by atoms with van der Waals surface area (Å²) in [5, 5.41) is 7.72. The van der Waals surface area contributed by atoms with Crippen LogP contribution in [0.5, 0.6) is 0 Å². The van der Waals surface area contributed by atoms with Gasteiger partial charge >= 0.3 is 6.03 Å². The van der Waals surface area contributed by atoms with Crippen molar-refractivity contribution in [2.45, 2.75) is 58.4 Å². The van der Waals surface area contributed by atoms with Crippen molar-refractivity contribution >= 4 is 23.1 Å². The summed E-state index contributed by atoms with van der Waals surface area (Å²) in [4.78, 5) is 24.6. The Morgan fingerprint density at radius 3 is 2.52 bits per heavy atom. The molecule has 1 saturated heterocycles. The molecule has 5 rings (SSSR count). The molecule has 0 radical (unpaired) electrons. The highest BCUT2D eigenvalue weighted by Gasteiger charge is 2.49. The number of likely N-dealkylation sites (tertiary alicyclic amines) is 1. The van der Waals surface area contributed by atoms with E-state index < -0.39 is 5.54 Å². The molecule has 3 aliphatic rings. The maximum atomic E-state index is 13.8. The van der Waals surface area contributed by atoms with Crippen molar-refractivity contribution < 1.29 is 9.32 Å². The lowest BCUT2D eigenvalue weighted by atomic mass is 9.90. The summed E-state index contributed by atoms with van der Waals surface area (Å²) < 4.78 is 5.48. The van der Waals surface area contributed by atoms with Gasteiger partial charge < -0.3 is 19.6 Å². The summed E-state index contributed by atoms with van der Waals surface area (Å²) in [5.74, 6) is 1.30. The Bertz CT molecular complexity index is 1030. The van der Waals surface area contributed by atoms with Gasteiger partial charge in [0, 0.05) is 19.0 Å². The van der Waals surface area contributed by atoms with Crippen LogP contribution < -0.4 is 15.1 Å². The minimum atomic E-state index is -0.597. The van der Waals surface area contributed by atoms with E-state index in [0.29, 0.717) is 18.4 Å². The van der Waals surface area contributed by atoms with Gasteiger partial charge in [0.25, 0.3) is 0 Å². The van der Waals surface area contributed by atoms with E-state index in [4.69, 9.17) is 4.52 Å². The standard InChI is InChI=1S/C23H30N6O2/c1-15(2)21-25-20(26-31-21)18-19-23(3,4)29(22(30)27-12-8-5-9-13-27)17-11-7-6-10-16(17)28(19)14-24-18/h6-7,10-11,15,24H,5,8-9,12-14H2,1-4H3. The van der Waals surface area contributed by atoms with Gasteiger partial charge in [-0.05, 0) is 45.2 Å². The van der Waals surface area contributed by atoms with E-state index in [1.807, 2.05) is 41.8 Å². The van der Waals surface area contributed by atoms with Crippen molar-refractivity contribution in [1.29, 1.82) is 0 Å². The summed E-state index contributed by atoms with van der Waals surface area (Å²) in [6, 6.07) is 8.19. The highest BCUT2D eigenvalue weighted by Crippen LogP contribution is 2.48. The summed E-state index contributed by atoms with van der Waals surface area (Å²) in [5.41, 5.74) is 3.17. The fourth-order valence-electron chi connectivity index (χ4n) is 4.91. The predicted molar refractivity (Wildman–Crippen MR) is 120 cm³/mol. The zero-order chi connectivity index (χ0) is 21.8. The molecule has 3 aliphatic heterocycles. The van der Waals surface area contributed by atoms with Crippen LogP contribution in [0.1, 0.15) is 64.6 Å². The molecule has 164 valence electrons. The SMILES string of the molecule is CC(C)c1nc(C2=C3N(CN2)c2ccccc2N(C(=O)N2CCCCC2)C3(C)C)no1. The van der Waals surface area contributed by atoms with E-state index >= 15 is 0 Å². The van der Waals surface area contributed by atoms with Crippen LogP contribution in [0, 0.1) is 0 Å². The minimum Gasteiger partial charge on any atom is -0.363 e. The number of fused-ring (bicyclic) bond motifs is 3. The van der Waals surface area contributed by atoms with Crippen molar-refractivity contribution in [1.82, 2.24) is 20.4 Å². The van der Waals surface area contributed by atoms with Gasteiger partial charge in [-0.25, -0.2) is 4.79 Å². The van der Waals surface area contributed by atoms with Gasteiger partial charge in [-0.3, -0.25) is 4.90 Å². The molecule has 4 heterocycles.